The highest BCUT2D eigenvalue weighted by atomic mass is 35.5. The third kappa shape index (κ3) is 3.05. The maximum Gasteiger partial charge on any atom is 0.257 e. The van der Waals surface area contributed by atoms with Crippen molar-refractivity contribution < 1.29 is 13.6 Å². The molecule has 0 aromatic heterocycles. The van der Waals surface area contributed by atoms with Gasteiger partial charge in [-0.15, -0.1) is 0 Å². The third-order valence-corrected chi connectivity index (χ3v) is 3.01. The molecule has 2 N–H and O–H groups in total. The maximum atomic E-state index is 13.5. The Kier molecular flexibility index (Phi) is 4.20. The predicted octanol–water partition coefficient (Wildman–Crippen LogP) is 3.91. The molecule has 0 bridgehead atoms. The predicted molar refractivity (Wildman–Crippen MR) is 75.3 cm³/mol. The number of carbonyl (C=O) groups excluding carboxylic acids is 1. The van der Waals surface area contributed by atoms with Gasteiger partial charge in [-0.2, -0.15) is 0 Å². The van der Waals surface area contributed by atoms with E-state index in [4.69, 9.17) is 11.6 Å². The van der Waals surface area contributed by atoms with E-state index in [1.165, 1.54) is 0 Å². The number of amides is 1. The molecule has 2 rings (SSSR count). The van der Waals surface area contributed by atoms with Crippen LogP contribution in [0.1, 0.15) is 10.4 Å². The van der Waals surface area contributed by atoms with Crippen LogP contribution in [0.3, 0.4) is 0 Å². The van der Waals surface area contributed by atoms with Crippen molar-refractivity contribution in [1.82, 2.24) is 0 Å². The molecule has 0 saturated heterocycles. The second kappa shape index (κ2) is 5.88. The molecule has 20 heavy (non-hydrogen) atoms. The number of nitrogens with one attached hydrogen (secondary N) is 2. The number of rotatable bonds is 3. The molecule has 2 aromatic rings. The molecule has 0 aliphatic heterocycles. The first-order valence-electron chi connectivity index (χ1n) is 5.75. The van der Waals surface area contributed by atoms with Crippen molar-refractivity contribution in [3.05, 3.63) is 58.6 Å². The molecule has 0 aliphatic rings. The van der Waals surface area contributed by atoms with Gasteiger partial charge in [0.1, 0.15) is 11.6 Å². The minimum atomic E-state index is -0.848. The monoisotopic (exact) mass is 296 g/mol. The Morgan fingerprint density at radius 2 is 1.90 bits per heavy atom. The van der Waals surface area contributed by atoms with Crippen LogP contribution in [0.2, 0.25) is 5.02 Å². The van der Waals surface area contributed by atoms with E-state index in [0.29, 0.717) is 11.8 Å². The first kappa shape index (κ1) is 14.3. The maximum absolute atomic E-state index is 13.5. The molecule has 104 valence electrons. The van der Waals surface area contributed by atoms with Gasteiger partial charge in [0.2, 0.25) is 0 Å². The van der Waals surface area contributed by atoms with Crippen LogP contribution in [0.4, 0.5) is 20.2 Å². The van der Waals surface area contributed by atoms with Gasteiger partial charge in [0, 0.05) is 18.8 Å². The van der Waals surface area contributed by atoms with E-state index in [0.717, 1.165) is 12.1 Å². The van der Waals surface area contributed by atoms with Crippen molar-refractivity contribution in [2.75, 3.05) is 17.7 Å². The zero-order valence-corrected chi connectivity index (χ0v) is 11.3. The van der Waals surface area contributed by atoms with Gasteiger partial charge in [0.25, 0.3) is 5.91 Å². The van der Waals surface area contributed by atoms with E-state index in [1.807, 2.05) is 0 Å². The smallest absolute Gasteiger partial charge is 0.257 e. The van der Waals surface area contributed by atoms with Crippen molar-refractivity contribution >= 4 is 28.9 Å². The average Bonchev–Trinajstić information content (AvgIpc) is 2.42. The third-order valence-electron chi connectivity index (χ3n) is 2.68. The fourth-order valence-electron chi connectivity index (χ4n) is 1.64. The molecule has 0 atom stereocenters. The molecular formula is C14H11ClF2N2O. The lowest BCUT2D eigenvalue weighted by atomic mass is 10.1. The summed E-state index contributed by atoms with van der Waals surface area (Å²) in [4.78, 5) is 12.1. The Labute approximate surface area is 119 Å². The van der Waals surface area contributed by atoms with Crippen molar-refractivity contribution in [1.29, 1.82) is 0 Å². The Bertz CT molecular complexity index is 662. The molecule has 0 spiro atoms. The van der Waals surface area contributed by atoms with E-state index >= 15 is 0 Å². The first-order valence-corrected chi connectivity index (χ1v) is 6.13. The Morgan fingerprint density at radius 1 is 1.15 bits per heavy atom. The summed E-state index contributed by atoms with van der Waals surface area (Å²) >= 11 is 5.94. The standard InChI is InChI=1S/C14H11ClF2N2O/c1-18-9-3-4-11(15)10(7-9)14(20)19-13-5-2-8(16)6-12(13)17/h2-7,18H,1H3,(H,19,20). The summed E-state index contributed by atoms with van der Waals surface area (Å²) < 4.78 is 26.3. The van der Waals surface area contributed by atoms with Crippen molar-refractivity contribution in [3.63, 3.8) is 0 Å². The van der Waals surface area contributed by atoms with Gasteiger partial charge in [-0.3, -0.25) is 4.79 Å². The second-order valence-corrected chi connectivity index (χ2v) is 4.43. The summed E-state index contributed by atoms with van der Waals surface area (Å²) in [5, 5.41) is 5.46. The van der Waals surface area contributed by atoms with Crippen LogP contribution in [0.5, 0.6) is 0 Å². The number of hydrogen-bond donors (Lipinski definition) is 2. The molecule has 3 nitrogen and oxygen atoms in total. The Hall–Kier alpha value is -2.14. The molecule has 0 fully saturated rings. The lowest BCUT2D eigenvalue weighted by Crippen LogP contribution is -2.14. The highest BCUT2D eigenvalue weighted by Gasteiger charge is 2.13. The zero-order valence-electron chi connectivity index (χ0n) is 10.5. The van der Waals surface area contributed by atoms with Crippen LogP contribution in [0, 0.1) is 11.6 Å². The first-order chi connectivity index (χ1) is 9.51. The molecule has 0 aliphatic carbocycles. The second-order valence-electron chi connectivity index (χ2n) is 4.02. The van der Waals surface area contributed by atoms with Gasteiger partial charge >= 0.3 is 0 Å². The quantitative estimate of drug-likeness (QED) is 0.901. The number of halogens is 3. The topological polar surface area (TPSA) is 41.1 Å². The fourth-order valence-corrected chi connectivity index (χ4v) is 1.84. The number of carbonyl (C=O) groups is 1. The summed E-state index contributed by atoms with van der Waals surface area (Å²) in [6, 6.07) is 7.71. The highest BCUT2D eigenvalue weighted by molar-refractivity contribution is 6.34. The Balaban J connectivity index is 2.28. The normalized spacial score (nSPS) is 10.2. The van der Waals surface area contributed by atoms with Gasteiger partial charge < -0.3 is 10.6 Å². The lowest BCUT2D eigenvalue weighted by molar-refractivity contribution is 0.102. The van der Waals surface area contributed by atoms with E-state index < -0.39 is 17.5 Å². The van der Waals surface area contributed by atoms with Crippen LogP contribution in [-0.4, -0.2) is 13.0 Å². The van der Waals surface area contributed by atoms with Crippen LogP contribution in [0.15, 0.2) is 36.4 Å². The van der Waals surface area contributed by atoms with E-state index in [-0.39, 0.29) is 16.3 Å². The molecule has 6 heteroatoms. The fraction of sp³-hybridized carbons (Fsp3) is 0.0714. The largest absolute Gasteiger partial charge is 0.388 e. The highest BCUT2D eigenvalue weighted by Crippen LogP contribution is 2.22. The SMILES string of the molecule is CNc1ccc(Cl)c(C(=O)Nc2ccc(F)cc2F)c1. The molecule has 0 radical (unpaired) electrons. The van der Waals surface area contributed by atoms with Crippen LogP contribution in [0.25, 0.3) is 0 Å². The summed E-state index contributed by atoms with van der Waals surface area (Å²) in [5.41, 5.74) is 0.781. The van der Waals surface area contributed by atoms with E-state index in [1.54, 1.807) is 25.2 Å². The van der Waals surface area contributed by atoms with E-state index in [2.05, 4.69) is 10.6 Å². The molecule has 0 unspecified atom stereocenters. The molecule has 0 saturated carbocycles. The average molecular weight is 297 g/mol. The number of hydrogen-bond acceptors (Lipinski definition) is 2. The minimum absolute atomic E-state index is 0.109. The molecule has 1 amide bonds. The summed E-state index contributed by atoms with van der Waals surface area (Å²) in [6.07, 6.45) is 0. The molecule has 2 aromatic carbocycles. The van der Waals surface area contributed by atoms with Gasteiger partial charge in [-0.25, -0.2) is 8.78 Å². The van der Waals surface area contributed by atoms with Crippen molar-refractivity contribution in [2.24, 2.45) is 0 Å². The van der Waals surface area contributed by atoms with Gasteiger partial charge in [-0.05, 0) is 30.3 Å². The molecule has 0 heterocycles. The Morgan fingerprint density at radius 3 is 2.55 bits per heavy atom. The van der Waals surface area contributed by atoms with Crippen LogP contribution >= 0.6 is 11.6 Å². The summed E-state index contributed by atoms with van der Waals surface area (Å²) in [6.45, 7) is 0. The lowest BCUT2D eigenvalue weighted by Gasteiger charge is -2.09. The number of anilines is 2. The number of benzene rings is 2. The van der Waals surface area contributed by atoms with E-state index in [9.17, 15) is 13.6 Å². The van der Waals surface area contributed by atoms with Gasteiger partial charge in [0.05, 0.1) is 16.3 Å². The molecular weight excluding hydrogens is 286 g/mol. The van der Waals surface area contributed by atoms with Crippen LogP contribution < -0.4 is 10.6 Å². The van der Waals surface area contributed by atoms with Crippen LogP contribution in [-0.2, 0) is 0 Å². The minimum Gasteiger partial charge on any atom is -0.388 e. The summed E-state index contributed by atoms with van der Waals surface area (Å²) in [7, 11) is 1.70. The van der Waals surface area contributed by atoms with Gasteiger partial charge in [0.15, 0.2) is 0 Å². The van der Waals surface area contributed by atoms with Crippen molar-refractivity contribution in [3.8, 4) is 0 Å². The summed E-state index contributed by atoms with van der Waals surface area (Å²) in [5.74, 6) is -2.13. The van der Waals surface area contributed by atoms with Crippen molar-refractivity contribution in [2.45, 2.75) is 0 Å². The zero-order chi connectivity index (χ0) is 14.7. The van der Waals surface area contributed by atoms with Gasteiger partial charge in [-0.1, -0.05) is 11.6 Å².